The number of hydrogen-bond acceptors (Lipinski definition) is 3. The molecule has 0 aliphatic rings. The smallest absolute Gasteiger partial charge is 0.199 e. The van der Waals surface area contributed by atoms with Crippen LogP contribution in [0.1, 0.15) is 26.3 Å². The fraction of sp³-hybridized carbons (Fsp3) is 0.111. The van der Waals surface area contributed by atoms with Crippen molar-refractivity contribution in [3.8, 4) is 0 Å². The van der Waals surface area contributed by atoms with Crippen LogP contribution in [0.4, 0.5) is 17.1 Å². The van der Waals surface area contributed by atoms with Gasteiger partial charge in [-0.2, -0.15) is 0 Å². The molecule has 0 amide bonds. The molecule has 0 spiro atoms. The summed E-state index contributed by atoms with van der Waals surface area (Å²) in [7, 11) is 0. The van der Waals surface area contributed by atoms with Gasteiger partial charge in [0.15, 0.2) is 10.9 Å². The average molecular weight is 521 g/mol. The van der Waals surface area contributed by atoms with E-state index in [-0.39, 0.29) is 16.3 Å². The monoisotopic (exact) mass is 520 g/mol. The Morgan fingerprint density at radius 2 is 1.12 bits per heavy atom. The molecule has 0 saturated carbocycles. The van der Waals surface area contributed by atoms with Crippen molar-refractivity contribution in [3.63, 3.8) is 0 Å². The first-order chi connectivity index (χ1) is 19.3. The molecule has 0 N–H and O–H groups in total. The lowest BCUT2D eigenvalue weighted by Crippen LogP contribution is -2.19. The molecule has 194 valence electrons. The Balaban J connectivity index is 1.74. The number of fused-ring (bicyclic) bond motifs is 4. The van der Waals surface area contributed by atoms with E-state index >= 15 is 0 Å². The minimum atomic E-state index is -0.242. The van der Waals surface area contributed by atoms with Gasteiger partial charge in [-0.3, -0.25) is 9.59 Å². The molecule has 0 saturated heterocycles. The van der Waals surface area contributed by atoms with Gasteiger partial charge in [0.1, 0.15) is 0 Å². The van der Waals surface area contributed by atoms with Gasteiger partial charge in [-0.15, -0.1) is 0 Å². The van der Waals surface area contributed by atoms with Crippen molar-refractivity contribution in [2.45, 2.75) is 26.2 Å². The molecule has 7 rings (SSSR count). The molecule has 40 heavy (non-hydrogen) atoms. The third-order valence-electron chi connectivity index (χ3n) is 7.84. The first-order valence-corrected chi connectivity index (χ1v) is 13.5. The van der Waals surface area contributed by atoms with E-state index in [1.807, 2.05) is 91.0 Å². The summed E-state index contributed by atoms with van der Waals surface area (Å²) in [6.45, 7) is 6.33. The average Bonchev–Trinajstić information content (AvgIpc) is 2.97. The van der Waals surface area contributed by atoms with Crippen LogP contribution in [0.15, 0.2) is 125 Å². The second kappa shape index (κ2) is 8.78. The highest BCUT2D eigenvalue weighted by Crippen LogP contribution is 2.39. The summed E-state index contributed by atoms with van der Waals surface area (Å²) in [4.78, 5) is 30.6. The quantitative estimate of drug-likeness (QED) is 0.174. The molecule has 0 aliphatic heterocycles. The predicted molar refractivity (Wildman–Crippen MR) is 167 cm³/mol. The molecule has 0 radical (unpaired) electrons. The van der Waals surface area contributed by atoms with Crippen molar-refractivity contribution in [2.75, 3.05) is 4.90 Å². The first-order valence-electron chi connectivity index (χ1n) is 13.5. The van der Waals surface area contributed by atoms with Gasteiger partial charge in [0.2, 0.25) is 0 Å². The molecule has 2 aromatic heterocycles. The maximum atomic E-state index is 14.7. The Morgan fingerprint density at radius 1 is 0.575 bits per heavy atom. The second-order valence-electron chi connectivity index (χ2n) is 11.4. The molecule has 0 bridgehead atoms. The highest BCUT2D eigenvalue weighted by Gasteiger charge is 2.24. The van der Waals surface area contributed by atoms with Gasteiger partial charge in [-0.1, -0.05) is 75.4 Å². The van der Waals surface area contributed by atoms with Crippen molar-refractivity contribution in [1.29, 1.82) is 0 Å². The zero-order valence-electron chi connectivity index (χ0n) is 22.7. The number of nitrogens with zero attached hydrogens (tertiary/aromatic N) is 2. The largest absolute Gasteiger partial charge is 0.310 e. The zero-order valence-corrected chi connectivity index (χ0v) is 22.7. The number of anilines is 3. The van der Waals surface area contributed by atoms with Crippen molar-refractivity contribution in [1.82, 2.24) is 4.40 Å². The maximum absolute atomic E-state index is 14.7. The molecule has 0 atom stereocenters. The Labute approximate surface area is 231 Å². The van der Waals surface area contributed by atoms with Crippen LogP contribution in [0.25, 0.3) is 38.1 Å². The highest BCUT2D eigenvalue weighted by atomic mass is 16.1. The van der Waals surface area contributed by atoms with Gasteiger partial charge in [-0.25, -0.2) is 0 Å². The van der Waals surface area contributed by atoms with Crippen molar-refractivity contribution in [3.05, 3.63) is 141 Å². The summed E-state index contributed by atoms with van der Waals surface area (Å²) in [6, 6.07) is 37.9. The molecule has 0 aliphatic carbocycles. The van der Waals surface area contributed by atoms with Gasteiger partial charge in [0.25, 0.3) is 0 Å². The van der Waals surface area contributed by atoms with E-state index < -0.39 is 0 Å². The fourth-order valence-electron chi connectivity index (χ4n) is 5.88. The van der Waals surface area contributed by atoms with Crippen LogP contribution in [0.3, 0.4) is 0 Å². The zero-order chi connectivity index (χ0) is 27.6. The van der Waals surface area contributed by atoms with E-state index in [9.17, 15) is 9.59 Å². The number of aromatic nitrogens is 1. The van der Waals surface area contributed by atoms with E-state index in [0.717, 1.165) is 33.7 Å². The number of rotatable bonds is 3. The van der Waals surface area contributed by atoms with Crippen molar-refractivity contribution in [2.24, 2.45) is 0 Å². The van der Waals surface area contributed by atoms with Crippen LogP contribution in [0.5, 0.6) is 0 Å². The fourth-order valence-corrected chi connectivity index (χ4v) is 5.88. The summed E-state index contributed by atoms with van der Waals surface area (Å²) in [5, 5.41) is 2.39. The molecule has 0 unspecified atom stereocenters. The number of benzene rings is 5. The summed E-state index contributed by atoms with van der Waals surface area (Å²) in [6.07, 6.45) is 0. The lowest BCUT2D eigenvalue weighted by molar-refractivity contribution is 0.591. The summed E-state index contributed by atoms with van der Waals surface area (Å²) < 4.78 is 2.11. The van der Waals surface area contributed by atoms with Crippen LogP contribution < -0.4 is 15.8 Å². The van der Waals surface area contributed by atoms with Gasteiger partial charge in [0.05, 0.1) is 27.6 Å². The number of hydrogen-bond donors (Lipinski definition) is 0. The molecular formula is C36H28N2O2. The van der Waals surface area contributed by atoms with Gasteiger partial charge < -0.3 is 9.30 Å². The molecule has 7 aromatic rings. The topological polar surface area (TPSA) is 41.8 Å². The van der Waals surface area contributed by atoms with Crippen LogP contribution >= 0.6 is 0 Å². The lowest BCUT2D eigenvalue weighted by atomic mass is 9.85. The molecule has 2 heterocycles. The van der Waals surface area contributed by atoms with Gasteiger partial charge in [0, 0.05) is 27.5 Å². The van der Waals surface area contributed by atoms with Crippen LogP contribution in [0, 0.1) is 0 Å². The van der Waals surface area contributed by atoms with Crippen molar-refractivity contribution >= 4 is 55.2 Å². The first kappa shape index (κ1) is 24.1. The molecule has 0 fully saturated rings. The normalized spacial score (nSPS) is 12.1. The standard InChI is InChI=1S/C36H28N2O2/c1-36(2,3)23-21-27-33-28(22-23)35(40)32-30(37(24-13-6-4-7-14-24)25-15-8-5-9-16-25)19-12-20-31(32)38(33)29-18-11-10-17-26(29)34(27)39/h4-22H,1-3H3. The van der Waals surface area contributed by atoms with Crippen LogP contribution in [-0.2, 0) is 5.41 Å². The van der Waals surface area contributed by atoms with E-state index in [2.05, 4.69) is 54.3 Å². The lowest BCUT2D eigenvalue weighted by Gasteiger charge is -2.27. The minimum absolute atomic E-state index is 0.0446. The molecular weight excluding hydrogens is 492 g/mol. The van der Waals surface area contributed by atoms with Crippen molar-refractivity contribution < 1.29 is 0 Å². The molecule has 4 nitrogen and oxygen atoms in total. The van der Waals surface area contributed by atoms with Crippen LogP contribution in [-0.4, -0.2) is 4.40 Å². The summed E-state index contributed by atoms with van der Waals surface area (Å²) in [5.41, 5.74) is 5.56. The Hall–Kier alpha value is -4.96. The predicted octanol–water partition coefficient (Wildman–Crippen LogP) is 8.32. The maximum Gasteiger partial charge on any atom is 0.199 e. The van der Waals surface area contributed by atoms with E-state index in [1.54, 1.807) is 0 Å². The van der Waals surface area contributed by atoms with Crippen LogP contribution in [0.2, 0.25) is 0 Å². The Kier molecular flexibility index (Phi) is 5.29. The number of para-hydroxylation sites is 3. The Bertz CT molecular complexity index is 2140. The summed E-state index contributed by atoms with van der Waals surface area (Å²) >= 11 is 0. The van der Waals surface area contributed by atoms with E-state index in [4.69, 9.17) is 0 Å². The third kappa shape index (κ3) is 3.53. The van der Waals surface area contributed by atoms with E-state index in [0.29, 0.717) is 27.1 Å². The Morgan fingerprint density at radius 3 is 1.75 bits per heavy atom. The molecule has 4 heteroatoms. The minimum Gasteiger partial charge on any atom is -0.310 e. The second-order valence-corrected chi connectivity index (χ2v) is 11.4. The SMILES string of the molecule is CC(C)(C)c1cc2c(=O)c3ccccc3n3c4cccc(N(c5ccccc5)c5ccccc5)c4c(=O)c(c1)c23. The van der Waals surface area contributed by atoms with E-state index in [1.165, 1.54) is 0 Å². The molecule has 5 aromatic carbocycles. The highest BCUT2D eigenvalue weighted by molar-refractivity contribution is 6.11. The summed E-state index contributed by atoms with van der Waals surface area (Å²) in [5.74, 6) is 0. The third-order valence-corrected chi connectivity index (χ3v) is 7.84. The van der Waals surface area contributed by atoms with Gasteiger partial charge in [-0.05, 0) is 71.6 Å². The van der Waals surface area contributed by atoms with Gasteiger partial charge >= 0.3 is 0 Å². The number of pyridine rings is 2.